The Bertz CT molecular complexity index is 1180. The number of nitrogens with one attached hydrogen (secondary N) is 1. The van der Waals surface area contributed by atoms with Crippen molar-refractivity contribution in [3.05, 3.63) is 71.5 Å². The van der Waals surface area contributed by atoms with Crippen molar-refractivity contribution in [2.75, 3.05) is 31.5 Å². The Hall–Kier alpha value is -3.36. The number of carbonyl (C=O) groups excluding carboxylic acids is 2. The number of likely N-dealkylation sites (tertiary alicyclic amines) is 2. The summed E-state index contributed by atoms with van der Waals surface area (Å²) in [6.07, 6.45) is 3.05. The molecule has 3 aromatic rings. The van der Waals surface area contributed by atoms with Crippen molar-refractivity contribution in [3.8, 4) is 11.5 Å². The standard InChI is InChI=1S/C25H26ClN5O3/c1-17(32)28-22-10-27-31(16-22)25(33)30-14-19-12-29(13-20(19)15-30)11-18-3-2-4-24(9-18)34-23-7-5-21(26)6-8-23/h2-10,16,19-20H,11-15H2,1H3,(H,28,32). The number of carbonyl (C=O) groups is 2. The predicted molar refractivity (Wildman–Crippen MR) is 129 cm³/mol. The first-order valence-electron chi connectivity index (χ1n) is 11.3. The minimum atomic E-state index is -0.190. The van der Waals surface area contributed by atoms with Crippen LogP contribution in [-0.4, -0.2) is 57.7 Å². The van der Waals surface area contributed by atoms with Gasteiger partial charge in [0, 0.05) is 44.7 Å². The molecule has 2 saturated heterocycles. The topological polar surface area (TPSA) is 79.7 Å². The summed E-state index contributed by atoms with van der Waals surface area (Å²) in [6, 6.07) is 15.3. The molecule has 34 heavy (non-hydrogen) atoms. The van der Waals surface area contributed by atoms with E-state index in [-0.39, 0.29) is 11.9 Å². The van der Waals surface area contributed by atoms with E-state index in [4.69, 9.17) is 16.3 Å². The minimum absolute atomic E-state index is 0.149. The van der Waals surface area contributed by atoms with Gasteiger partial charge in [-0.05, 0) is 53.8 Å². The van der Waals surface area contributed by atoms with Crippen molar-refractivity contribution < 1.29 is 14.3 Å². The van der Waals surface area contributed by atoms with E-state index in [1.807, 2.05) is 41.3 Å². The number of fused-ring (bicyclic) bond motifs is 1. The van der Waals surface area contributed by atoms with Gasteiger partial charge in [0.2, 0.25) is 5.91 Å². The molecule has 0 bridgehead atoms. The van der Waals surface area contributed by atoms with Crippen molar-refractivity contribution in [2.45, 2.75) is 13.5 Å². The second-order valence-electron chi connectivity index (χ2n) is 8.96. The fraction of sp³-hybridized carbons (Fsp3) is 0.320. The van der Waals surface area contributed by atoms with Gasteiger partial charge in [-0.15, -0.1) is 0 Å². The fourth-order valence-corrected chi connectivity index (χ4v) is 4.95. The van der Waals surface area contributed by atoms with Gasteiger partial charge in [-0.3, -0.25) is 9.69 Å². The number of anilines is 1. The molecule has 9 heteroatoms. The number of ether oxygens (including phenoxy) is 1. The molecule has 8 nitrogen and oxygen atoms in total. The average Bonchev–Trinajstić information content (AvgIpc) is 3.50. The Balaban J connectivity index is 1.15. The van der Waals surface area contributed by atoms with E-state index in [1.165, 1.54) is 23.4 Å². The van der Waals surface area contributed by atoms with Crippen LogP contribution in [0.3, 0.4) is 0 Å². The molecule has 1 N–H and O–H groups in total. The Morgan fingerprint density at radius 2 is 1.79 bits per heavy atom. The number of amides is 2. The van der Waals surface area contributed by atoms with Crippen molar-refractivity contribution in [1.29, 1.82) is 0 Å². The average molecular weight is 480 g/mol. The van der Waals surface area contributed by atoms with Gasteiger partial charge >= 0.3 is 6.03 Å². The molecule has 2 fully saturated rings. The summed E-state index contributed by atoms with van der Waals surface area (Å²) >= 11 is 5.95. The molecule has 3 heterocycles. The number of hydrogen-bond donors (Lipinski definition) is 1. The van der Waals surface area contributed by atoms with Gasteiger partial charge < -0.3 is 15.0 Å². The van der Waals surface area contributed by atoms with Crippen LogP contribution >= 0.6 is 11.6 Å². The molecular weight excluding hydrogens is 454 g/mol. The molecule has 0 spiro atoms. The van der Waals surface area contributed by atoms with Gasteiger partial charge in [0.05, 0.1) is 18.1 Å². The Morgan fingerprint density at radius 3 is 2.50 bits per heavy atom. The summed E-state index contributed by atoms with van der Waals surface area (Å²) in [5.74, 6) is 2.26. The smallest absolute Gasteiger partial charge is 0.344 e. The maximum absolute atomic E-state index is 12.8. The van der Waals surface area contributed by atoms with E-state index in [2.05, 4.69) is 27.4 Å². The lowest BCUT2D eigenvalue weighted by Crippen LogP contribution is -2.36. The van der Waals surface area contributed by atoms with Crippen LogP contribution in [0.1, 0.15) is 12.5 Å². The Kier molecular flexibility index (Phi) is 6.26. The molecule has 2 unspecified atom stereocenters. The summed E-state index contributed by atoms with van der Waals surface area (Å²) in [6.45, 7) is 5.61. The molecular formula is C25H26ClN5O3. The summed E-state index contributed by atoms with van der Waals surface area (Å²) < 4.78 is 7.27. The lowest BCUT2D eigenvalue weighted by atomic mass is 10.0. The monoisotopic (exact) mass is 479 g/mol. The number of aromatic nitrogens is 2. The van der Waals surface area contributed by atoms with E-state index in [0.717, 1.165) is 44.2 Å². The van der Waals surface area contributed by atoms with Gasteiger partial charge in [-0.2, -0.15) is 9.78 Å². The summed E-state index contributed by atoms with van der Waals surface area (Å²) in [5.41, 5.74) is 1.72. The normalized spacial score (nSPS) is 19.8. The quantitative estimate of drug-likeness (QED) is 0.589. The van der Waals surface area contributed by atoms with Gasteiger partial charge in [0.25, 0.3) is 0 Å². The SMILES string of the molecule is CC(=O)Nc1cnn(C(=O)N2CC3CN(Cc4cccc(Oc5ccc(Cl)cc5)c4)CC3C2)c1. The summed E-state index contributed by atoms with van der Waals surface area (Å²) in [5, 5.41) is 7.43. The van der Waals surface area contributed by atoms with Crippen LogP contribution in [0.2, 0.25) is 5.02 Å². The second-order valence-corrected chi connectivity index (χ2v) is 9.40. The lowest BCUT2D eigenvalue weighted by Gasteiger charge is -2.21. The van der Waals surface area contributed by atoms with Crippen molar-refractivity contribution in [3.63, 3.8) is 0 Å². The minimum Gasteiger partial charge on any atom is -0.457 e. The van der Waals surface area contributed by atoms with Crippen LogP contribution in [0.15, 0.2) is 60.9 Å². The first-order valence-corrected chi connectivity index (χ1v) is 11.7. The lowest BCUT2D eigenvalue weighted by molar-refractivity contribution is -0.114. The summed E-state index contributed by atoms with van der Waals surface area (Å²) in [7, 11) is 0. The Labute approximate surface area is 203 Å². The van der Waals surface area contributed by atoms with Crippen LogP contribution in [-0.2, 0) is 11.3 Å². The van der Waals surface area contributed by atoms with Gasteiger partial charge in [0.15, 0.2) is 0 Å². The van der Waals surface area contributed by atoms with Gasteiger partial charge in [-0.25, -0.2) is 4.79 Å². The maximum atomic E-state index is 12.8. The fourth-order valence-electron chi connectivity index (χ4n) is 4.82. The van der Waals surface area contributed by atoms with Gasteiger partial charge in [-0.1, -0.05) is 23.7 Å². The third-order valence-electron chi connectivity index (χ3n) is 6.29. The molecule has 1 aromatic heterocycles. The third-order valence-corrected chi connectivity index (χ3v) is 6.54. The number of hydrogen-bond acceptors (Lipinski definition) is 5. The molecule has 5 rings (SSSR count). The number of halogens is 1. The largest absolute Gasteiger partial charge is 0.457 e. The molecule has 2 aromatic carbocycles. The number of nitrogens with zero attached hydrogens (tertiary/aromatic N) is 4. The second kappa shape index (κ2) is 9.48. The van der Waals surface area contributed by atoms with Crippen LogP contribution < -0.4 is 10.1 Å². The van der Waals surface area contributed by atoms with E-state index in [1.54, 1.807) is 6.20 Å². The zero-order valence-corrected chi connectivity index (χ0v) is 19.6. The zero-order chi connectivity index (χ0) is 23.7. The van der Waals surface area contributed by atoms with Crippen molar-refractivity contribution in [2.24, 2.45) is 11.8 Å². The van der Waals surface area contributed by atoms with Crippen molar-refractivity contribution >= 4 is 29.2 Å². The van der Waals surface area contributed by atoms with Crippen LogP contribution in [0.4, 0.5) is 10.5 Å². The molecule has 2 aliphatic heterocycles. The van der Waals surface area contributed by atoms with Crippen molar-refractivity contribution in [1.82, 2.24) is 19.6 Å². The number of benzene rings is 2. The van der Waals surface area contributed by atoms with Crippen LogP contribution in [0, 0.1) is 11.8 Å². The van der Waals surface area contributed by atoms with E-state index in [0.29, 0.717) is 22.5 Å². The first-order chi connectivity index (χ1) is 16.4. The summed E-state index contributed by atoms with van der Waals surface area (Å²) in [4.78, 5) is 28.3. The van der Waals surface area contributed by atoms with Gasteiger partial charge in [0.1, 0.15) is 11.5 Å². The van der Waals surface area contributed by atoms with E-state index >= 15 is 0 Å². The van der Waals surface area contributed by atoms with Crippen LogP contribution in [0.25, 0.3) is 0 Å². The highest BCUT2D eigenvalue weighted by Gasteiger charge is 2.41. The molecule has 0 saturated carbocycles. The first kappa shape index (κ1) is 22.4. The Morgan fingerprint density at radius 1 is 1.06 bits per heavy atom. The third kappa shape index (κ3) is 5.08. The highest BCUT2D eigenvalue weighted by molar-refractivity contribution is 6.30. The molecule has 0 aliphatic carbocycles. The zero-order valence-electron chi connectivity index (χ0n) is 18.9. The molecule has 2 amide bonds. The van der Waals surface area contributed by atoms with E-state index < -0.39 is 0 Å². The molecule has 2 aliphatic rings. The molecule has 2 atom stereocenters. The highest BCUT2D eigenvalue weighted by Crippen LogP contribution is 2.33. The highest BCUT2D eigenvalue weighted by atomic mass is 35.5. The predicted octanol–water partition coefficient (Wildman–Crippen LogP) is 4.32. The van der Waals surface area contributed by atoms with E-state index in [9.17, 15) is 9.59 Å². The molecule has 0 radical (unpaired) electrons. The van der Waals surface area contributed by atoms with Crippen LogP contribution in [0.5, 0.6) is 11.5 Å². The molecule has 176 valence electrons. The number of rotatable bonds is 5. The maximum Gasteiger partial charge on any atom is 0.344 e.